The molecule has 1 aliphatic rings. The van der Waals surface area contributed by atoms with Gasteiger partial charge in [-0.2, -0.15) is 0 Å². The summed E-state index contributed by atoms with van der Waals surface area (Å²) in [4.78, 5) is 14.0. The number of carbonyl (C=O) groups is 1. The van der Waals surface area contributed by atoms with Crippen molar-refractivity contribution < 1.29 is 14.3 Å². The van der Waals surface area contributed by atoms with Gasteiger partial charge < -0.3 is 14.4 Å². The number of carbonyl (C=O) groups excluding carboxylic acids is 1. The minimum atomic E-state index is -0.358. The summed E-state index contributed by atoms with van der Waals surface area (Å²) in [6.07, 6.45) is 5.27. The number of esters is 1. The number of benzene rings is 3. The average molecular weight is 470 g/mol. The van der Waals surface area contributed by atoms with E-state index in [2.05, 4.69) is 92.4 Å². The molecule has 0 N–H and O–H groups in total. The molecule has 0 saturated heterocycles. The molecule has 0 aromatic heterocycles. The van der Waals surface area contributed by atoms with Gasteiger partial charge in [0.2, 0.25) is 0 Å². The first-order valence-electron chi connectivity index (χ1n) is 12.3. The molecule has 0 fully saturated rings. The maximum atomic E-state index is 11.5. The van der Waals surface area contributed by atoms with Crippen LogP contribution in [0, 0.1) is 5.92 Å². The molecule has 0 radical (unpaired) electrons. The van der Waals surface area contributed by atoms with Gasteiger partial charge >= 0.3 is 5.97 Å². The van der Waals surface area contributed by atoms with Gasteiger partial charge in [0.1, 0.15) is 5.75 Å². The van der Waals surface area contributed by atoms with Gasteiger partial charge in [0.25, 0.3) is 0 Å². The van der Waals surface area contributed by atoms with E-state index in [1.54, 1.807) is 13.2 Å². The second-order valence-electron chi connectivity index (χ2n) is 9.74. The molecule has 1 aliphatic heterocycles. The zero-order chi connectivity index (χ0) is 25.0. The van der Waals surface area contributed by atoms with Crippen molar-refractivity contribution in [1.82, 2.24) is 0 Å². The van der Waals surface area contributed by atoms with Crippen LogP contribution in [0.15, 0.2) is 72.8 Å². The Kier molecular flexibility index (Phi) is 7.30. The van der Waals surface area contributed by atoms with Gasteiger partial charge in [-0.3, -0.25) is 0 Å². The van der Waals surface area contributed by atoms with Gasteiger partial charge in [-0.1, -0.05) is 56.3 Å². The Morgan fingerprint density at radius 1 is 1.03 bits per heavy atom. The summed E-state index contributed by atoms with van der Waals surface area (Å²) in [5, 5.41) is 0. The molecule has 0 saturated carbocycles. The number of fused-ring (bicyclic) bond motifs is 1. The minimum Gasteiger partial charge on any atom is -0.497 e. The Morgan fingerprint density at radius 3 is 2.37 bits per heavy atom. The van der Waals surface area contributed by atoms with Crippen LogP contribution in [0.2, 0.25) is 0 Å². The maximum Gasteiger partial charge on any atom is 0.330 e. The van der Waals surface area contributed by atoms with Crippen LogP contribution in [-0.4, -0.2) is 26.7 Å². The van der Waals surface area contributed by atoms with E-state index in [-0.39, 0.29) is 11.5 Å². The smallest absolute Gasteiger partial charge is 0.330 e. The van der Waals surface area contributed by atoms with Crippen LogP contribution in [0.4, 0.5) is 5.69 Å². The van der Waals surface area contributed by atoms with E-state index in [0.717, 1.165) is 30.7 Å². The van der Waals surface area contributed by atoms with E-state index in [9.17, 15) is 4.79 Å². The molecule has 1 unspecified atom stereocenters. The molecule has 3 aromatic rings. The number of hydrogen-bond acceptors (Lipinski definition) is 4. The van der Waals surface area contributed by atoms with Crippen LogP contribution < -0.4 is 9.64 Å². The molecular formula is C31H35NO3. The summed E-state index contributed by atoms with van der Waals surface area (Å²) in [5.74, 6) is 1.17. The summed E-state index contributed by atoms with van der Waals surface area (Å²) < 4.78 is 10.2. The lowest BCUT2D eigenvalue weighted by atomic mass is 9.76. The van der Waals surface area contributed by atoms with Crippen LogP contribution in [0.3, 0.4) is 0 Å². The van der Waals surface area contributed by atoms with Gasteiger partial charge in [0.05, 0.1) is 19.8 Å². The zero-order valence-corrected chi connectivity index (χ0v) is 21.4. The minimum absolute atomic E-state index is 0.357. The van der Waals surface area contributed by atoms with Crippen molar-refractivity contribution in [2.45, 2.75) is 39.2 Å². The van der Waals surface area contributed by atoms with Crippen molar-refractivity contribution in [3.05, 3.63) is 101 Å². The lowest BCUT2D eigenvalue weighted by Gasteiger charge is -2.48. The zero-order valence-electron chi connectivity index (χ0n) is 21.4. The third-order valence-electron chi connectivity index (χ3n) is 6.96. The fraction of sp³-hybridized carbons (Fsp3) is 0.323. The number of methoxy groups -OCH3 is 2. The SMILES string of the molecule is COC(=O)C=Cc1ccc(C2(C)c3ccc(OC)cc3CCN2c2ccc(CC(C)C)cc2)cc1. The summed E-state index contributed by atoms with van der Waals surface area (Å²) in [6.45, 7) is 7.72. The first kappa shape index (κ1) is 24.6. The number of hydrogen-bond donors (Lipinski definition) is 0. The van der Waals surface area contributed by atoms with Crippen molar-refractivity contribution in [2.24, 2.45) is 5.92 Å². The summed E-state index contributed by atoms with van der Waals surface area (Å²) in [6, 6.07) is 23.9. The second kappa shape index (κ2) is 10.4. The molecule has 0 aliphatic carbocycles. The van der Waals surface area contributed by atoms with Gasteiger partial charge in [-0.05, 0) is 83.8 Å². The lowest BCUT2D eigenvalue weighted by molar-refractivity contribution is -0.134. The van der Waals surface area contributed by atoms with Crippen molar-refractivity contribution in [3.63, 3.8) is 0 Å². The predicted molar refractivity (Wildman–Crippen MR) is 143 cm³/mol. The van der Waals surface area contributed by atoms with E-state index in [4.69, 9.17) is 9.47 Å². The predicted octanol–water partition coefficient (Wildman–Crippen LogP) is 6.41. The van der Waals surface area contributed by atoms with Crippen LogP contribution in [0.5, 0.6) is 5.75 Å². The Bertz CT molecular complexity index is 1190. The van der Waals surface area contributed by atoms with E-state index < -0.39 is 0 Å². The summed E-state index contributed by atoms with van der Waals surface area (Å²) in [5.41, 5.74) is 6.99. The van der Waals surface area contributed by atoms with E-state index in [1.807, 2.05) is 0 Å². The Labute approximate surface area is 209 Å². The van der Waals surface area contributed by atoms with Crippen LogP contribution in [0.1, 0.15) is 48.6 Å². The second-order valence-corrected chi connectivity index (χ2v) is 9.74. The highest BCUT2D eigenvalue weighted by Gasteiger charge is 2.40. The lowest BCUT2D eigenvalue weighted by Crippen LogP contribution is -2.49. The largest absolute Gasteiger partial charge is 0.497 e. The molecule has 4 rings (SSSR count). The molecule has 4 heteroatoms. The van der Waals surface area contributed by atoms with Gasteiger partial charge in [0.15, 0.2) is 0 Å². The average Bonchev–Trinajstić information content (AvgIpc) is 2.87. The number of nitrogens with zero attached hydrogens (tertiary/aromatic N) is 1. The molecular weight excluding hydrogens is 434 g/mol. The monoisotopic (exact) mass is 469 g/mol. The van der Waals surface area contributed by atoms with Crippen LogP contribution in [-0.2, 0) is 27.9 Å². The van der Waals surface area contributed by atoms with E-state index in [1.165, 1.54) is 41.1 Å². The van der Waals surface area contributed by atoms with Crippen LogP contribution in [0.25, 0.3) is 6.08 Å². The fourth-order valence-corrected chi connectivity index (χ4v) is 5.11. The third-order valence-corrected chi connectivity index (χ3v) is 6.96. The Hall–Kier alpha value is -3.53. The first-order valence-corrected chi connectivity index (χ1v) is 12.3. The Balaban J connectivity index is 1.76. The molecule has 0 bridgehead atoms. The number of anilines is 1. The van der Waals surface area contributed by atoms with Crippen molar-refractivity contribution in [3.8, 4) is 5.75 Å². The van der Waals surface area contributed by atoms with E-state index >= 15 is 0 Å². The Morgan fingerprint density at radius 2 is 1.74 bits per heavy atom. The molecule has 1 atom stereocenters. The molecule has 1 heterocycles. The summed E-state index contributed by atoms with van der Waals surface area (Å²) in [7, 11) is 3.10. The highest BCUT2D eigenvalue weighted by atomic mass is 16.5. The maximum absolute atomic E-state index is 11.5. The number of rotatable bonds is 7. The molecule has 182 valence electrons. The molecule has 0 spiro atoms. The molecule has 3 aromatic carbocycles. The van der Waals surface area contributed by atoms with Crippen LogP contribution >= 0.6 is 0 Å². The van der Waals surface area contributed by atoms with E-state index in [0.29, 0.717) is 5.92 Å². The van der Waals surface area contributed by atoms with Crippen molar-refractivity contribution >= 4 is 17.7 Å². The molecule has 4 nitrogen and oxygen atoms in total. The van der Waals surface area contributed by atoms with Gasteiger partial charge in [0, 0.05) is 18.3 Å². The number of ether oxygens (including phenoxy) is 2. The molecule has 0 amide bonds. The van der Waals surface area contributed by atoms with Gasteiger partial charge in [-0.25, -0.2) is 4.79 Å². The fourth-order valence-electron chi connectivity index (χ4n) is 5.11. The van der Waals surface area contributed by atoms with Crippen molar-refractivity contribution in [1.29, 1.82) is 0 Å². The van der Waals surface area contributed by atoms with Crippen molar-refractivity contribution in [2.75, 3.05) is 25.7 Å². The third kappa shape index (κ3) is 5.12. The quantitative estimate of drug-likeness (QED) is 0.296. The standard InChI is InChI=1S/C31H35NO3/c1-22(2)20-24-8-13-27(14-9-24)32-19-18-25-21-28(34-4)15-16-29(25)31(32,3)26-11-6-23(7-12-26)10-17-30(33)35-5/h6-17,21-22H,18-20H2,1-5H3. The summed E-state index contributed by atoms with van der Waals surface area (Å²) >= 11 is 0. The first-order chi connectivity index (χ1) is 16.8. The normalized spacial score (nSPS) is 17.5. The van der Waals surface area contributed by atoms with Gasteiger partial charge in [-0.15, -0.1) is 0 Å². The highest BCUT2D eigenvalue weighted by molar-refractivity contribution is 5.86. The topological polar surface area (TPSA) is 38.8 Å². The molecule has 35 heavy (non-hydrogen) atoms. The highest BCUT2D eigenvalue weighted by Crippen LogP contribution is 2.44.